The van der Waals surface area contributed by atoms with Gasteiger partial charge in [-0.05, 0) is 47.4 Å². The monoisotopic (exact) mass is 587 g/mol. The first-order valence-electron chi connectivity index (χ1n) is 17.0. The third kappa shape index (κ3) is 4.17. The van der Waals surface area contributed by atoms with Gasteiger partial charge in [0.2, 0.25) is 0 Å². The van der Waals surface area contributed by atoms with Crippen molar-refractivity contribution in [2.24, 2.45) is 0 Å². The van der Waals surface area contributed by atoms with Crippen LogP contribution in [0.25, 0.3) is 87.4 Å². The Bertz CT molecular complexity index is 2840. The fraction of sp³-hybridized carbons (Fsp3) is 0. The van der Waals surface area contributed by atoms with Crippen molar-refractivity contribution in [3.8, 4) is 45.3 Å². The van der Waals surface area contributed by atoms with E-state index in [-0.39, 0.29) is 75.1 Å². The molecule has 44 heavy (non-hydrogen) atoms. The summed E-state index contributed by atoms with van der Waals surface area (Å²) in [4.78, 5) is 14.4. The van der Waals surface area contributed by atoms with Crippen LogP contribution in [0.1, 0.15) is 8.22 Å². The number of hydrogen-bond donors (Lipinski definition) is 0. The molecule has 0 saturated heterocycles. The maximum Gasteiger partial charge on any atom is 0.164 e. The Morgan fingerprint density at radius 2 is 1.11 bits per heavy atom. The molecule has 0 aliphatic carbocycles. The Labute approximate surface area is 265 Å². The maximum atomic E-state index is 9.31. The Morgan fingerprint density at radius 3 is 1.93 bits per heavy atom. The van der Waals surface area contributed by atoms with Crippen LogP contribution >= 0.6 is 11.3 Å². The van der Waals surface area contributed by atoms with Gasteiger partial charge in [-0.25, -0.2) is 15.0 Å². The van der Waals surface area contributed by atoms with Crippen LogP contribution < -0.4 is 0 Å². The highest BCUT2D eigenvalue weighted by Crippen LogP contribution is 2.37. The summed E-state index contributed by atoms with van der Waals surface area (Å²) in [6.07, 6.45) is 0. The van der Waals surface area contributed by atoms with Crippen LogP contribution in [0.5, 0.6) is 0 Å². The minimum Gasteiger partial charge on any atom is -0.456 e. The summed E-state index contributed by atoms with van der Waals surface area (Å²) in [6.45, 7) is 0. The van der Waals surface area contributed by atoms with E-state index in [2.05, 4.69) is 12.1 Å². The summed E-state index contributed by atoms with van der Waals surface area (Å²) in [7, 11) is 0. The van der Waals surface area contributed by atoms with Crippen LogP contribution in [-0.2, 0) is 0 Å². The van der Waals surface area contributed by atoms with Crippen LogP contribution in [0.15, 0.2) is 144 Å². The third-order valence-electron chi connectivity index (χ3n) is 7.60. The number of nitrogens with zero attached hydrogens (tertiary/aromatic N) is 3. The molecule has 0 fully saturated rings. The second-order valence-corrected chi connectivity index (χ2v) is 11.4. The standard InChI is InChI=1S/C39H23N3OS/c1-3-9-24(10-4-1)26-17-20-33-32(21-26)29-18-15-27(22-34(29)43-33)38-40-37(25-11-5-2-6-12-25)41-39(42-38)28-16-19-31-30-13-7-8-14-35(30)44-36(31)23-28/h1-23H/i15D,17D,18D,20D,21D,22D. The molecule has 0 unspecified atom stereocenters. The lowest BCUT2D eigenvalue weighted by molar-refractivity contribution is 0.669. The van der Waals surface area contributed by atoms with Crippen molar-refractivity contribution in [3.63, 3.8) is 0 Å². The number of furan rings is 1. The van der Waals surface area contributed by atoms with Crippen LogP contribution in [0, 0.1) is 0 Å². The van der Waals surface area contributed by atoms with Crippen molar-refractivity contribution in [2.75, 3.05) is 0 Å². The normalized spacial score (nSPS) is 13.5. The van der Waals surface area contributed by atoms with Crippen LogP contribution in [0.3, 0.4) is 0 Å². The van der Waals surface area contributed by atoms with E-state index in [9.17, 15) is 2.74 Å². The van der Waals surface area contributed by atoms with Gasteiger partial charge in [-0.3, -0.25) is 0 Å². The number of fused-ring (bicyclic) bond motifs is 6. The molecule has 3 aromatic heterocycles. The molecule has 0 spiro atoms. The average molecular weight is 588 g/mol. The third-order valence-corrected chi connectivity index (χ3v) is 8.73. The van der Waals surface area contributed by atoms with E-state index in [0.717, 1.165) is 15.6 Å². The van der Waals surface area contributed by atoms with Gasteiger partial charge < -0.3 is 4.42 Å². The number of aromatic nitrogens is 3. The predicted octanol–water partition coefficient (Wildman–Crippen LogP) is 10.8. The van der Waals surface area contributed by atoms with Gasteiger partial charge in [-0.15, -0.1) is 11.3 Å². The SMILES string of the molecule is [2H]c1c(-c2ccccc2)c([2H])c2c(oc3c([2H])c(-c4nc(-c5ccccc5)nc(-c5ccc6c(c5)sc5ccccc56)n4)c([2H])c([2H])c32)c1[2H]. The van der Waals surface area contributed by atoms with Gasteiger partial charge in [-0.2, -0.15) is 0 Å². The molecule has 6 aromatic carbocycles. The molecule has 0 radical (unpaired) electrons. The summed E-state index contributed by atoms with van der Waals surface area (Å²) in [5.74, 6) is 0.710. The Kier molecular flexibility index (Phi) is 4.42. The highest BCUT2D eigenvalue weighted by atomic mass is 32.1. The summed E-state index contributed by atoms with van der Waals surface area (Å²) in [5.41, 5.74) is 2.06. The average Bonchev–Trinajstić information content (AvgIpc) is 3.74. The first-order chi connectivity index (χ1) is 24.3. The predicted molar refractivity (Wildman–Crippen MR) is 182 cm³/mol. The molecule has 0 amide bonds. The van der Waals surface area contributed by atoms with E-state index >= 15 is 0 Å². The van der Waals surface area contributed by atoms with E-state index < -0.39 is 0 Å². The highest BCUT2D eigenvalue weighted by molar-refractivity contribution is 7.25. The molecule has 4 nitrogen and oxygen atoms in total. The van der Waals surface area contributed by atoms with E-state index in [1.165, 1.54) is 10.1 Å². The smallest absolute Gasteiger partial charge is 0.164 e. The maximum absolute atomic E-state index is 9.31. The van der Waals surface area contributed by atoms with Crippen molar-refractivity contribution in [1.82, 2.24) is 15.0 Å². The molecular formula is C39H23N3OS. The molecule has 5 heteroatoms. The van der Waals surface area contributed by atoms with E-state index in [0.29, 0.717) is 22.8 Å². The molecule has 0 aliphatic rings. The molecule has 9 rings (SSSR count). The quantitative estimate of drug-likeness (QED) is 0.205. The second kappa shape index (κ2) is 9.97. The minimum absolute atomic E-state index is 0.0273. The lowest BCUT2D eigenvalue weighted by Crippen LogP contribution is -2.00. The van der Waals surface area contributed by atoms with Gasteiger partial charge in [0.1, 0.15) is 11.2 Å². The Hall–Kier alpha value is -5.65. The summed E-state index contributed by atoms with van der Waals surface area (Å²) >= 11 is 1.67. The first-order valence-corrected chi connectivity index (χ1v) is 14.9. The highest BCUT2D eigenvalue weighted by Gasteiger charge is 2.16. The zero-order valence-electron chi connectivity index (χ0n) is 29.0. The van der Waals surface area contributed by atoms with Crippen LogP contribution in [0.2, 0.25) is 0 Å². The molecule has 0 bridgehead atoms. The minimum atomic E-state index is -0.316. The first kappa shape index (κ1) is 19.5. The Balaban J connectivity index is 1.30. The van der Waals surface area contributed by atoms with E-state index in [4.69, 9.17) is 24.9 Å². The van der Waals surface area contributed by atoms with Gasteiger partial charge in [0.05, 0.1) is 8.22 Å². The molecule has 0 atom stereocenters. The van der Waals surface area contributed by atoms with E-state index in [1.54, 1.807) is 35.6 Å². The van der Waals surface area contributed by atoms with Crippen molar-refractivity contribution >= 4 is 53.4 Å². The number of hydrogen-bond acceptors (Lipinski definition) is 5. The van der Waals surface area contributed by atoms with Crippen LogP contribution in [0.4, 0.5) is 0 Å². The molecule has 9 aromatic rings. The van der Waals surface area contributed by atoms with E-state index in [1.807, 2.05) is 66.7 Å². The molecule has 0 N–H and O–H groups in total. The van der Waals surface area contributed by atoms with Crippen LogP contribution in [-0.4, -0.2) is 15.0 Å². The lowest BCUT2D eigenvalue weighted by atomic mass is 10.0. The molecule has 0 aliphatic heterocycles. The summed E-state index contributed by atoms with van der Waals surface area (Å²) in [6, 6.07) is 31.1. The lowest BCUT2D eigenvalue weighted by Gasteiger charge is -2.08. The largest absolute Gasteiger partial charge is 0.456 e. The zero-order valence-corrected chi connectivity index (χ0v) is 23.8. The molecular weight excluding hydrogens is 559 g/mol. The second-order valence-electron chi connectivity index (χ2n) is 10.4. The van der Waals surface area contributed by atoms with Crippen molar-refractivity contribution in [3.05, 3.63) is 139 Å². The van der Waals surface area contributed by atoms with Crippen molar-refractivity contribution < 1.29 is 12.6 Å². The topological polar surface area (TPSA) is 51.8 Å². The van der Waals surface area contributed by atoms with Gasteiger partial charge in [0.25, 0.3) is 0 Å². The fourth-order valence-corrected chi connectivity index (χ4v) is 6.60. The van der Waals surface area contributed by atoms with Gasteiger partial charge >= 0.3 is 0 Å². The summed E-state index contributed by atoms with van der Waals surface area (Å²) in [5, 5.41) is 2.48. The molecule has 3 heterocycles. The van der Waals surface area contributed by atoms with Gasteiger partial charge in [0, 0.05) is 47.6 Å². The van der Waals surface area contributed by atoms with Crippen molar-refractivity contribution in [1.29, 1.82) is 0 Å². The fourth-order valence-electron chi connectivity index (χ4n) is 5.45. The summed E-state index contributed by atoms with van der Waals surface area (Å²) < 4.78 is 62.6. The number of rotatable bonds is 4. The van der Waals surface area contributed by atoms with Crippen molar-refractivity contribution in [2.45, 2.75) is 0 Å². The van der Waals surface area contributed by atoms with Gasteiger partial charge in [0.15, 0.2) is 17.5 Å². The number of benzene rings is 6. The zero-order chi connectivity index (χ0) is 34.3. The molecule has 206 valence electrons. The Morgan fingerprint density at radius 1 is 0.455 bits per heavy atom. The number of thiophene rings is 1. The van der Waals surface area contributed by atoms with Gasteiger partial charge in [-0.1, -0.05) is 103 Å². The molecule has 0 saturated carbocycles.